The van der Waals surface area contributed by atoms with E-state index in [0.29, 0.717) is 12.3 Å². The molecule has 2 atom stereocenters. The summed E-state index contributed by atoms with van der Waals surface area (Å²) in [6.07, 6.45) is 8.87. The van der Waals surface area contributed by atoms with Crippen LogP contribution in [0.2, 0.25) is 0 Å². The van der Waals surface area contributed by atoms with E-state index in [2.05, 4.69) is 5.32 Å². The van der Waals surface area contributed by atoms with E-state index in [-0.39, 0.29) is 23.8 Å². The van der Waals surface area contributed by atoms with Crippen LogP contribution in [0.25, 0.3) is 0 Å². The molecule has 4 heteroatoms. The number of thioether (sulfide) groups is 1. The van der Waals surface area contributed by atoms with Gasteiger partial charge in [-0.3, -0.25) is 4.79 Å². The third-order valence-corrected chi connectivity index (χ3v) is 4.63. The van der Waals surface area contributed by atoms with Crippen LogP contribution in [0.15, 0.2) is 0 Å². The minimum Gasteiger partial charge on any atom is -0.396 e. The first-order chi connectivity index (χ1) is 8.19. The summed E-state index contributed by atoms with van der Waals surface area (Å²) in [4.78, 5) is 11.9. The molecular weight excluding hydrogens is 234 g/mol. The van der Waals surface area contributed by atoms with Crippen molar-refractivity contribution < 1.29 is 9.90 Å². The minimum absolute atomic E-state index is 0.000201. The number of aliphatic hydroxyl groups is 1. The summed E-state index contributed by atoms with van der Waals surface area (Å²) >= 11 is 1.57. The van der Waals surface area contributed by atoms with Gasteiger partial charge in [-0.25, -0.2) is 0 Å². The second-order valence-electron chi connectivity index (χ2n) is 4.90. The lowest BCUT2D eigenvalue weighted by Gasteiger charge is -2.31. The van der Waals surface area contributed by atoms with Gasteiger partial charge in [0.1, 0.15) is 0 Å². The summed E-state index contributed by atoms with van der Waals surface area (Å²) in [5.74, 6) is 0.676. The van der Waals surface area contributed by atoms with Crippen LogP contribution in [-0.4, -0.2) is 35.2 Å². The Labute approximate surface area is 109 Å². The first-order valence-electron chi connectivity index (χ1n) is 6.63. The highest BCUT2D eigenvalue weighted by Gasteiger charge is 2.25. The number of carbonyl (C=O) groups excluding carboxylic acids is 1. The predicted octanol–water partition coefficient (Wildman–Crippen LogP) is 2.19. The van der Waals surface area contributed by atoms with Gasteiger partial charge in [-0.2, -0.15) is 11.8 Å². The summed E-state index contributed by atoms with van der Waals surface area (Å²) in [5, 5.41) is 12.2. The van der Waals surface area contributed by atoms with Gasteiger partial charge >= 0.3 is 0 Å². The third kappa shape index (κ3) is 4.88. The second-order valence-corrected chi connectivity index (χ2v) is 6.08. The molecule has 0 aromatic heterocycles. The Hall–Kier alpha value is -0.220. The van der Waals surface area contributed by atoms with Crippen LogP contribution in [0.3, 0.4) is 0 Å². The summed E-state index contributed by atoms with van der Waals surface area (Å²) in [5.41, 5.74) is 0. The Morgan fingerprint density at radius 3 is 2.59 bits per heavy atom. The minimum atomic E-state index is -0.000201. The van der Waals surface area contributed by atoms with E-state index in [1.807, 2.05) is 13.2 Å². The number of hydrogen-bond acceptors (Lipinski definition) is 3. The third-order valence-electron chi connectivity index (χ3n) is 3.71. The molecule has 0 saturated heterocycles. The largest absolute Gasteiger partial charge is 0.396 e. The maximum atomic E-state index is 11.9. The van der Waals surface area contributed by atoms with Crippen molar-refractivity contribution in [1.82, 2.24) is 5.32 Å². The molecule has 0 aliphatic heterocycles. The van der Waals surface area contributed by atoms with E-state index >= 15 is 0 Å². The highest BCUT2D eigenvalue weighted by molar-refractivity contribution is 7.99. The Kier molecular flexibility index (Phi) is 6.97. The molecule has 3 nitrogen and oxygen atoms in total. The summed E-state index contributed by atoms with van der Waals surface area (Å²) in [6, 6.07) is 0.169. The van der Waals surface area contributed by atoms with Gasteiger partial charge in [-0.05, 0) is 38.4 Å². The van der Waals surface area contributed by atoms with E-state index in [4.69, 9.17) is 5.11 Å². The molecule has 0 bridgehead atoms. The zero-order chi connectivity index (χ0) is 12.7. The smallest absolute Gasteiger partial charge is 0.233 e. The molecule has 0 aromatic carbocycles. The quantitative estimate of drug-likeness (QED) is 0.769. The van der Waals surface area contributed by atoms with Crippen LogP contribution >= 0.6 is 11.8 Å². The van der Waals surface area contributed by atoms with Crippen LogP contribution in [0.4, 0.5) is 0 Å². The SMILES string of the molecule is CSC(C)C(=O)NC(CCO)C1CCCCC1. The molecule has 0 aromatic rings. The van der Waals surface area contributed by atoms with Crippen LogP contribution in [0, 0.1) is 5.92 Å². The van der Waals surface area contributed by atoms with Gasteiger partial charge in [-0.1, -0.05) is 19.3 Å². The molecule has 2 unspecified atom stereocenters. The maximum Gasteiger partial charge on any atom is 0.233 e. The molecule has 100 valence electrons. The number of aliphatic hydroxyl groups excluding tert-OH is 1. The molecule has 2 N–H and O–H groups in total. The zero-order valence-corrected chi connectivity index (χ0v) is 11.8. The highest BCUT2D eigenvalue weighted by Crippen LogP contribution is 2.27. The number of rotatable bonds is 6. The fourth-order valence-electron chi connectivity index (χ4n) is 2.51. The molecule has 0 radical (unpaired) electrons. The van der Waals surface area contributed by atoms with Crippen LogP contribution < -0.4 is 5.32 Å². The monoisotopic (exact) mass is 259 g/mol. The van der Waals surface area contributed by atoms with Gasteiger partial charge < -0.3 is 10.4 Å². The van der Waals surface area contributed by atoms with Crippen molar-refractivity contribution in [2.24, 2.45) is 5.92 Å². The van der Waals surface area contributed by atoms with Crippen molar-refractivity contribution >= 4 is 17.7 Å². The average Bonchev–Trinajstić information content (AvgIpc) is 2.38. The first-order valence-corrected chi connectivity index (χ1v) is 7.91. The van der Waals surface area contributed by atoms with E-state index in [0.717, 1.165) is 0 Å². The van der Waals surface area contributed by atoms with Crippen LogP contribution in [0.1, 0.15) is 45.4 Å². The summed E-state index contributed by atoms with van der Waals surface area (Å²) in [7, 11) is 0. The highest BCUT2D eigenvalue weighted by atomic mass is 32.2. The van der Waals surface area contributed by atoms with Gasteiger partial charge in [0.25, 0.3) is 0 Å². The lowest BCUT2D eigenvalue weighted by atomic mass is 9.82. The summed E-state index contributed by atoms with van der Waals surface area (Å²) < 4.78 is 0. The van der Waals surface area contributed by atoms with E-state index in [1.165, 1.54) is 32.1 Å². The van der Waals surface area contributed by atoms with Crippen LogP contribution in [0.5, 0.6) is 0 Å². The van der Waals surface area contributed by atoms with Crippen molar-refractivity contribution in [3.05, 3.63) is 0 Å². The normalized spacial score (nSPS) is 20.9. The molecule has 1 aliphatic rings. The fraction of sp³-hybridized carbons (Fsp3) is 0.923. The number of carbonyl (C=O) groups is 1. The van der Waals surface area contributed by atoms with Crippen molar-refractivity contribution in [3.8, 4) is 0 Å². The Balaban J connectivity index is 2.49. The molecule has 1 rings (SSSR count). The zero-order valence-electron chi connectivity index (χ0n) is 10.9. The van der Waals surface area contributed by atoms with Crippen molar-refractivity contribution in [3.63, 3.8) is 0 Å². The molecule has 1 saturated carbocycles. The average molecular weight is 259 g/mol. The molecule has 1 amide bonds. The van der Waals surface area contributed by atoms with E-state index in [9.17, 15) is 4.79 Å². The van der Waals surface area contributed by atoms with E-state index < -0.39 is 0 Å². The Bertz CT molecular complexity index is 229. The molecular formula is C13H25NO2S. The lowest BCUT2D eigenvalue weighted by molar-refractivity contribution is -0.121. The molecule has 1 aliphatic carbocycles. The first kappa shape index (κ1) is 14.8. The van der Waals surface area contributed by atoms with Gasteiger partial charge in [0.05, 0.1) is 5.25 Å². The fourth-order valence-corrected chi connectivity index (χ4v) is 2.79. The van der Waals surface area contributed by atoms with E-state index in [1.54, 1.807) is 11.8 Å². The molecule has 0 heterocycles. The molecule has 17 heavy (non-hydrogen) atoms. The topological polar surface area (TPSA) is 49.3 Å². The maximum absolute atomic E-state index is 11.9. The van der Waals surface area contributed by atoms with Gasteiger partial charge in [0, 0.05) is 12.6 Å². The predicted molar refractivity (Wildman–Crippen MR) is 73.2 cm³/mol. The van der Waals surface area contributed by atoms with Crippen molar-refractivity contribution in [1.29, 1.82) is 0 Å². The van der Waals surface area contributed by atoms with Gasteiger partial charge in [0.2, 0.25) is 5.91 Å². The number of nitrogens with one attached hydrogen (secondary N) is 1. The van der Waals surface area contributed by atoms with Gasteiger partial charge in [0.15, 0.2) is 0 Å². The van der Waals surface area contributed by atoms with Crippen molar-refractivity contribution in [2.75, 3.05) is 12.9 Å². The Morgan fingerprint density at radius 1 is 1.41 bits per heavy atom. The molecule has 0 spiro atoms. The van der Waals surface area contributed by atoms with Gasteiger partial charge in [-0.15, -0.1) is 0 Å². The number of amides is 1. The standard InChI is InChI=1S/C13H25NO2S/c1-10(17-2)13(16)14-12(8-9-15)11-6-4-3-5-7-11/h10-12,15H,3-9H2,1-2H3,(H,14,16). The second kappa shape index (κ2) is 7.98. The summed E-state index contributed by atoms with van der Waals surface area (Å²) in [6.45, 7) is 2.09. The Morgan fingerprint density at radius 2 is 2.06 bits per heavy atom. The molecule has 1 fully saturated rings. The number of hydrogen-bond donors (Lipinski definition) is 2. The lowest BCUT2D eigenvalue weighted by Crippen LogP contribution is -2.44. The van der Waals surface area contributed by atoms with Crippen LogP contribution in [-0.2, 0) is 4.79 Å². The van der Waals surface area contributed by atoms with Crippen molar-refractivity contribution in [2.45, 2.75) is 56.7 Å².